The van der Waals surface area contributed by atoms with Crippen LogP contribution < -0.4 is 20.1 Å². The van der Waals surface area contributed by atoms with Gasteiger partial charge >= 0.3 is 22.4 Å². The number of fused-ring (bicyclic) bond motifs is 3. The number of halogens is 1. The van der Waals surface area contributed by atoms with Gasteiger partial charge < -0.3 is 25.0 Å². The summed E-state index contributed by atoms with van der Waals surface area (Å²) in [5.74, 6) is -2.80. The standard InChI is InChI=1S/C36H47ClN6O9S/c1-35(2,3)52-33(47)38-28-14-9-7-5-4-6-8-12-23-18-36(23,32(46)41-53(49,50)40-24-15-16-24)39-30(44)29-17-25(20-43(29)31(28)45)51-34(48)42-19-22-11-10-13-27(37)26(22)21-42/h6,10-13,23-25,28-29,40H,4-5,7,9,14-21H2,1-3H3,(H,38,47)(H,39,44)(H,41,46)/t8?,23-,25-,28+,29+,36-/m1/s1. The Morgan fingerprint density at radius 3 is 2.57 bits per heavy atom. The van der Waals surface area contributed by atoms with Crippen LogP contribution in [0.4, 0.5) is 9.59 Å². The minimum absolute atomic E-state index is 0.102. The number of nitrogens with one attached hydrogen (secondary N) is 4. The van der Waals surface area contributed by atoms with Gasteiger partial charge in [-0.1, -0.05) is 36.6 Å². The van der Waals surface area contributed by atoms with E-state index in [1.807, 2.05) is 12.1 Å². The molecular weight excluding hydrogens is 728 g/mol. The van der Waals surface area contributed by atoms with Gasteiger partial charge in [0.05, 0.1) is 13.1 Å². The Hall–Kier alpha value is -4.11. The summed E-state index contributed by atoms with van der Waals surface area (Å²) in [6.45, 7) is 5.44. The lowest BCUT2D eigenvalue weighted by Gasteiger charge is -2.30. The Morgan fingerprint density at radius 1 is 1.08 bits per heavy atom. The van der Waals surface area contributed by atoms with Gasteiger partial charge in [0.15, 0.2) is 0 Å². The van der Waals surface area contributed by atoms with Crippen molar-refractivity contribution in [3.8, 4) is 0 Å². The van der Waals surface area contributed by atoms with Crippen LogP contribution in [0.1, 0.15) is 89.7 Å². The van der Waals surface area contributed by atoms with Gasteiger partial charge in [-0.3, -0.25) is 19.3 Å². The number of alkyl carbamates (subject to hydrolysis) is 1. The monoisotopic (exact) mass is 774 g/mol. The van der Waals surface area contributed by atoms with E-state index in [1.165, 1.54) is 9.80 Å². The fourth-order valence-corrected chi connectivity index (χ4v) is 8.38. The molecule has 5 aliphatic rings. The molecule has 53 heavy (non-hydrogen) atoms. The van der Waals surface area contributed by atoms with Crippen molar-refractivity contribution in [3.63, 3.8) is 0 Å². The molecule has 4 N–H and O–H groups in total. The molecule has 288 valence electrons. The van der Waals surface area contributed by atoms with E-state index in [-0.39, 0.29) is 44.9 Å². The minimum Gasteiger partial charge on any atom is -0.444 e. The molecule has 1 saturated heterocycles. The van der Waals surface area contributed by atoms with Crippen molar-refractivity contribution in [3.05, 3.63) is 52.2 Å². The lowest BCUT2D eigenvalue weighted by molar-refractivity contribution is -0.141. The smallest absolute Gasteiger partial charge is 0.410 e. The summed E-state index contributed by atoms with van der Waals surface area (Å²) in [4.78, 5) is 71.4. The Morgan fingerprint density at radius 2 is 1.85 bits per heavy atom. The third kappa shape index (κ3) is 9.53. The topological polar surface area (TPSA) is 193 Å². The number of nitrogens with zero attached hydrogens (tertiary/aromatic N) is 2. The van der Waals surface area contributed by atoms with E-state index in [4.69, 9.17) is 21.1 Å². The number of amides is 5. The first-order valence-electron chi connectivity index (χ1n) is 18.1. The molecule has 0 radical (unpaired) electrons. The van der Waals surface area contributed by atoms with Gasteiger partial charge in [0.1, 0.15) is 29.3 Å². The molecule has 3 fully saturated rings. The Labute approximate surface area is 314 Å². The van der Waals surface area contributed by atoms with E-state index in [1.54, 1.807) is 39.0 Å². The van der Waals surface area contributed by atoms with Crippen molar-refractivity contribution in [2.75, 3.05) is 6.54 Å². The molecule has 0 bridgehead atoms. The minimum atomic E-state index is -4.21. The fraction of sp³-hybridized carbons (Fsp3) is 0.611. The van der Waals surface area contributed by atoms with Crippen molar-refractivity contribution >= 4 is 51.7 Å². The molecule has 1 aromatic rings. The van der Waals surface area contributed by atoms with Crippen LogP contribution in [0, 0.1) is 5.92 Å². The predicted molar refractivity (Wildman–Crippen MR) is 192 cm³/mol. The summed E-state index contributed by atoms with van der Waals surface area (Å²) in [5, 5.41) is 5.98. The van der Waals surface area contributed by atoms with Crippen molar-refractivity contribution in [2.45, 2.75) is 127 Å². The predicted octanol–water partition coefficient (Wildman–Crippen LogP) is 3.32. The molecule has 3 heterocycles. The normalized spacial score (nSPS) is 27.6. The van der Waals surface area contributed by atoms with Gasteiger partial charge in [0, 0.05) is 29.9 Å². The van der Waals surface area contributed by atoms with Crippen LogP contribution >= 0.6 is 11.6 Å². The van der Waals surface area contributed by atoms with Gasteiger partial charge in [0.25, 0.3) is 5.91 Å². The maximum atomic E-state index is 14.4. The van der Waals surface area contributed by atoms with Crippen molar-refractivity contribution in [2.24, 2.45) is 5.92 Å². The van der Waals surface area contributed by atoms with E-state index >= 15 is 0 Å². The molecule has 1 aromatic carbocycles. The third-order valence-corrected chi connectivity index (χ3v) is 11.4. The zero-order valence-corrected chi connectivity index (χ0v) is 31.7. The van der Waals surface area contributed by atoms with Crippen LogP contribution in [0.3, 0.4) is 0 Å². The average molecular weight is 775 g/mol. The highest BCUT2D eigenvalue weighted by Gasteiger charge is 2.62. The highest BCUT2D eigenvalue weighted by atomic mass is 35.5. The number of carbonyl (C=O) groups excluding carboxylic acids is 5. The molecule has 17 heteroatoms. The van der Waals surface area contributed by atoms with Crippen molar-refractivity contribution in [1.29, 1.82) is 0 Å². The summed E-state index contributed by atoms with van der Waals surface area (Å²) in [7, 11) is -4.21. The van der Waals surface area contributed by atoms with E-state index < -0.39 is 75.4 Å². The number of benzene rings is 1. The van der Waals surface area contributed by atoms with Gasteiger partial charge in [-0.2, -0.15) is 13.1 Å². The first-order chi connectivity index (χ1) is 25.0. The van der Waals surface area contributed by atoms with Crippen LogP contribution in [-0.2, 0) is 47.2 Å². The Balaban J connectivity index is 1.26. The van der Waals surface area contributed by atoms with E-state index in [2.05, 4.69) is 25.8 Å². The maximum Gasteiger partial charge on any atom is 0.410 e. The van der Waals surface area contributed by atoms with Crippen molar-refractivity contribution in [1.82, 2.24) is 29.9 Å². The average Bonchev–Trinajstić information content (AvgIpc) is 3.90. The Kier molecular flexibility index (Phi) is 11.2. The highest BCUT2D eigenvalue weighted by Crippen LogP contribution is 2.45. The molecular formula is C36H47ClN6O9S. The second-order valence-corrected chi connectivity index (χ2v) is 17.3. The quantitative estimate of drug-likeness (QED) is 0.314. The number of hydrogen-bond donors (Lipinski definition) is 4. The molecule has 5 amide bonds. The molecule has 0 spiro atoms. The van der Waals surface area contributed by atoms with E-state index in [0.29, 0.717) is 30.7 Å². The number of rotatable bonds is 6. The van der Waals surface area contributed by atoms with Gasteiger partial charge in [0.2, 0.25) is 11.8 Å². The van der Waals surface area contributed by atoms with Crippen molar-refractivity contribution < 1.29 is 41.9 Å². The second-order valence-electron chi connectivity index (χ2n) is 15.5. The SMILES string of the molecule is CC(C)(C)OC(=O)N[C@H]1CCCCCC=C=C[C@@H]2C[C@@]2(C(=O)NS(=O)(=O)NC2CC2)NC(=O)[C@@H]2C[C@@H](OC(=O)N3Cc4cccc(Cl)c4C3)CN2C1=O. The van der Waals surface area contributed by atoms with Crippen LogP contribution in [0.15, 0.2) is 36.1 Å². The number of carbonyl (C=O) groups is 5. The Bertz CT molecular complexity index is 1820. The molecule has 2 saturated carbocycles. The zero-order chi connectivity index (χ0) is 38.1. The molecule has 6 rings (SSSR count). The largest absolute Gasteiger partial charge is 0.444 e. The van der Waals surface area contributed by atoms with Gasteiger partial charge in [-0.25, -0.2) is 14.3 Å². The van der Waals surface area contributed by atoms with Crippen LogP contribution in [0.5, 0.6) is 0 Å². The molecule has 5 atom stereocenters. The number of ether oxygens (including phenoxy) is 2. The molecule has 2 aliphatic carbocycles. The second kappa shape index (κ2) is 15.3. The summed E-state index contributed by atoms with van der Waals surface area (Å²) >= 11 is 6.36. The summed E-state index contributed by atoms with van der Waals surface area (Å²) < 4.78 is 41.3. The summed E-state index contributed by atoms with van der Waals surface area (Å²) in [5.41, 5.74) is 2.31. The fourth-order valence-electron chi connectivity index (χ4n) is 6.97. The zero-order valence-electron chi connectivity index (χ0n) is 30.1. The van der Waals surface area contributed by atoms with E-state index in [9.17, 15) is 32.4 Å². The van der Waals surface area contributed by atoms with E-state index in [0.717, 1.165) is 24.0 Å². The molecule has 3 aliphatic heterocycles. The third-order valence-electron chi connectivity index (χ3n) is 9.94. The lowest BCUT2D eigenvalue weighted by Crippen LogP contribution is -2.59. The van der Waals surface area contributed by atoms with Crippen LogP contribution in [0.2, 0.25) is 5.02 Å². The first-order valence-corrected chi connectivity index (χ1v) is 20.0. The maximum absolute atomic E-state index is 14.4. The molecule has 0 aromatic heterocycles. The number of hydrogen-bond acceptors (Lipinski definition) is 9. The molecule has 15 nitrogen and oxygen atoms in total. The van der Waals surface area contributed by atoms with Gasteiger partial charge in [-0.05, 0) is 88.6 Å². The first kappa shape index (κ1) is 38.6. The highest BCUT2D eigenvalue weighted by molar-refractivity contribution is 7.88. The lowest BCUT2D eigenvalue weighted by atomic mass is 10.0. The van der Waals surface area contributed by atoms with Gasteiger partial charge in [-0.15, -0.1) is 5.73 Å². The van der Waals surface area contributed by atoms with Crippen LogP contribution in [0.25, 0.3) is 0 Å². The summed E-state index contributed by atoms with van der Waals surface area (Å²) in [6.07, 6.45) is 5.38. The summed E-state index contributed by atoms with van der Waals surface area (Å²) in [6, 6.07) is 2.86. The van der Waals surface area contributed by atoms with Crippen LogP contribution in [-0.4, -0.2) is 90.0 Å². The molecule has 0 unspecified atom stereocenters.